The summed E-state index contributed by atoms with van der Waals surface area (Å²) in [6, 6.07) is 6.53. The number of cyclic esters (lactones) is 1. The van der Waals surface area contributed by atoms with E-state index in [4.69, 9.17) is 9.47 Å². The van der Waals surface area contributed by atoms with Gasteiger partial charge in [0.05, 0.1) is 17.9 Å². The van der Waals surface area contributed by atoms with E-state index < -0.39 is 6.29 Å². The highest BCUT2D eigenvalue weighted by molar-refractivity contribution is 5.97. The number of carbonyl (C=O) groups excluding carboxylic acids is 2. The summed E-state index contributed by atoms with van der Waals surface area (Å²) in [5, 5.41) is 3.13. The average Bonchev–Trinajstić information content (AvgIpc) is 3.22. The van der Waals surface area contributed by atoms with E-state index in [0.717, 1.165) is 6.42 Å². The summed E-state index contributed by atoms with van der Waals surface area (Å²) in [4.78, 5) is 23.9. The van der Waals surface area contributed by atoms with Crippen molar-refractivity contribution >= 4 is 11.9 Å². The Kier molecular flexibility index (Phi) is 3.08. The molecule has 4 aliphatic rings. The number of benzene rings is 1. The quantitative estimate of drug-likeness (QED) is 0.523. The molecule has 0 radical (unpaired) electrons. The van der Waals surface area contributed by atoms with Crippen molar-refractivity contribution in [1.82, 2.24) is 5.32 Å². The third-order valence-corrected chi connectivity index (χ3v) is 5.61. The number of hydrogen-bond acceptors (Lipinski definition) is 4. The lowest BCUT2D eigenvalue weighted by molar-refractivity contribution is -0.152. The number of hydrogen-bond donors (Lipinski definition) is 1. The van der Waals surface area contributed by atoms with E-state index in [9.17, 15) is 9.59 Å². The molecule has 1 saturated carbocycles. The first kappa shape index (κ1) is 14.8. The van der Waals surface area contributed by atoms with Crippen molar-refractivity contribution < 1.29 is 19.1 Å². The Morgan fingerprint density at radius 2 is 2.12 bits per heavy atom. The molecular weight excluding hydrogens is 318 g/mol. The number of ether oxygens (including phenoxy) is 2. The molecule has 0 spiro atoms. The molecule has 0 unspecified atom stereocenters. The fourth-order valence-electron chi connectivity index (χ4n) is 4.20. The summed E-state index contributed by atoms with van der Waals surface area (Å²) < 4.78 is 10.6. The highest BCUT2D eigenvalue weighted by Crippen LogP contribution is 2.51. The molecule has 3 atom stereocenters. The van der Waals surface area contributed by atoms with Gasteiger partial charge in [-0.3, -0.25) is 4.79 Å². The van der Waals surface area contributed by atoms with Crippen molar-refractivity contribution in [3.8, 4) is 0 Å². The molecule has 1 N–H and O–H groups in total. The molecule has 0 aromatic heterocycles. The van der Waals surface area contributed by atoms with Crippen molar-refractivity contribution in [3.05, 3.63) is 58.4 Å². The van der Waals surface area contributed by atoms with Gasteiger partial charge in [0.25, 0.3) is 12.2 Å². The van der Waals surface area contributed by atoms with Gasteiger partial charge in [-0.25, -0.2) is 4.79 Å². The maximum atomic E-state index is 12.4. The predicted octanol–water partition coefficient (Wildman–Crippen LogP) is 2.64. The molecule has 1 aromatic carbocycles. The summed E-state index contributed by atoms with van der Waals surface area (Å²) in [5.74, 6) is 0.279. The summed E-state index contributed by atoms with van der Waals surface area (Å²) in [7, 11) is 0. The molecule has 0 bridgehead atoms. The highest BCUT2D eigenvalue weighted by Gasteiger charge is 2.46. The Hall–Kier alpha value is -2.56. The van der Waals surface area contributed by atoms with Crippen LogP contribution in [0, 0.1) is 5.92 Å². The van der Waals surface area contributed by atoms with E-state index in [1.807, 2.05) is 0 Å². The van der Waals surface area contributed by atoms with Crippen molar-refractivity contribution in [2.45, 2.75) is 44.4 Å². The molecule has 25 heavy (non-hydrogen) atoms. The van der Waals surface area contributed by atoms with Crippen molar-refractivity contribution in [2.24, 2.45) is 5.92 Å². The second-order valence-corrected chi connectivity index (χ2v) is 7.29. The van der Waals surface area contributed by atoms with Crippen LogP contribution in [0.25, 0.3) is 0 Å². The largest absolute Gasteiger partial charge is 0.458 e. The lowest BCUT2D eigenvalue weighted by Gasteiger charge is -2.14. The van der Waals surface area contributed by atoms with E-state index in [2.05, 4.69) is 23.5 Å². The van der Waals surface area contributed by atoms with Crippen LogP contribution < -0.4 is 5.32 Å². The number of nitrogens with one attached hydrogen (secondary N) is 1. The average molecular weight is 337 g/mol. The van der Waals surface area contributed by atoms with E-state index in [1.54, 1.807) is 13.0 Å². The number of fused-ring (bicyclic) bond motifs is 3. The molecule has 1 amide bonds. The monoisotopic (exact) mass is 337 g/mol. The zero-order valence-electron chi connectivity index (χ0n) is 14.0. The Morgan fingerprint density at radius 1 is 1.28 bits per heavy atom. The normalized spacial score (nSPS) is 31.5. The van der Waals surface area contributed by atoms with Gasteiger partial charge in [0.15, 0.2) is 0 Å². The van der Waals surface area contributed by atoms with Crippen LogP contribution in [-0.2, 0) is 25.5 Å². The van der Waals surface area contributed by atoms with Crippen LogP contribution in [0.3, 0.4) is 0 Å². The minimum atomic E-state index is -0.738. The highest BCUT2D eigenvalue weighted by atomic mass is 16.7. The standard InChI is InChI=1S/C20H19NO4/c1-10-7-16(25-20(10)23)24-9-15-14-8-12-3-2-4-13(11-5-6-11)17(12)18(14)21-19(15)22/h2-4,7,9,11,14,16,18H,5-6,8H2,1H3,(H,21,22)/t14-,16-,18+/m1/s1. The first-order valence-electron chi connectivity index (χ1n) is 8.79. The zero-order chi connectivity index (χ0) is 17.1. The van der Waals surface area contributed by atoms with E-state index in [1.165, 1.54) is 35.8 Å². The smallest absolute Gasteiger partial charge is 0.336 e. The second-order valence-electron chi connectivity index (χ2n) is 7.29. The summed E-state index contributed by atoms with van der Waals surface area (Å²) in [6.45, 7) is 1.68. The van der Waals surface area contributed by atoms with Crippen LogP contribution in [0.2, 0.25) is 0 Å². The molecule has 5 nitrogen and oxygen atoms in total. The molecule has 2 heterocycles. The maximum absolute atomic E-state index is 12.4. The SMILES string of the molecule is CC1=C[C@H](OC=C2C(=O)N[C@@H]3c4c(cccc4C4CC4)C[C@H]23)OC1=O. The Balaban J connectivity index is 1.41. The molecule has 2 aliphatic carbocycles. The van der Waals surface area contributed by atoms with Gasteiger partial charge in [-0.05, 0) is 48.8 Å². The molecular formula is C20H19NO4. The van der Waals surface area contributed by atoms with Gasteiger partial charge in [-0.2, -0.15) is 0 Å². The van der Waals surface area contributed by atoms with Crippen LogP contribution in [0.4, 0.5) is 0 Å². The van der Waals surface area contributed by atoms with Crippen LogP contribution in [-0.4, -0.2) is 18.2 Å². The minimum Gasteiger partial charge on any atom is -0.458 e. The van der Waals surface area contributed by atoms with Crippen molar-refractivity contribution in [3.63, 3.8) is 0 Å². The van der Waals surface area contributed by atoms with Gasteiger partial charge < -0.3 is 14.8 Å². The predicted molar refractivity (Wildman–Crippen MR) is 89.3 cm³/mol. The first-order valence-corrected chi connectivity index (χ1v) is 8.79. The van der Waals surface area contributed by atoms with E-state index in [-0.39, 0.29) is 23.8 Å². The lowest BCUT2D eigenvalue weighted by Crippen LogP contribution is -2.20. The summed E-state index contributed by atoms with van der Waals surface area (Å²) in [5.41, 5.74) is 5.20. The van der Waals surface area contributed by atoms with Gasteiger partial charge in [-0.15, -0.1) is 0 Å². The van der Waals surface area contributed by atoms with E-state index >= 15 is 0 Å². The van der Waals surface area contributed by atoms with Crippen LogP contribution in [0.1, 0.15) is 48.4 Å². The van der Waals surface area contributed by atoms with Gasteiger partial charge in [0.1, 0.15) is 0 Å². The fourth-order valence-corrected chi connectivity index (χ4v) is 4.20. The molecule has 1 aromatic rings. The number of amides is 1. The minimum absolute atomic E-state index is 0.0394. The van der Waals surface area contributed by atoms with Crippen LogP contribution in [0.15, 0.2) is 41.7 Å². The number of carbonyl (C=O) groups is 2. The summed E-state index contributed by atoms with van der Waals surface area (Å²) in [6.07, 6.45) is 5.69. The molecule has 2 fully saturated rings. The third kappa shape index (κ3) is 2.29. The van der Waals surface area contributed by atoms with Gasteiger partial charge in [0.2, 0.25) is 0 Å². The van der Waals surface area contributed by atoms with Gasteiger partial charge in [0, 0.05) is 17.6 Å². The van der Waals surface area contributed by atoms with Crippen molar-refractivity contribution in [1.29, 1.82) is 0 Å². The summed E-state index contributed by atoms with van der Waals surface area (Å²) >= 11 is 0. The van der Waals surface area contributed by atoms with Gasteiger partial charge >= 0.3 is 5.97 Å². The third-order valence-electron chi connectivity index (χ3n) is 5.61. The number of esters is 1. The molecule has 5 heteroatoms. The Labute approximate surface area is 145 Å². The Morgan fingerprint density at radius 3 is 2.84 bits per heavy atom. The second kappa shape index (κ2) is 5.22. The first-order chi connectivity index (χ1) is 12.1. The number of rotatable bonds is 3. The molecule has 1 saturated heterocycles. The maximum Gasteiger partial charge on any atom is 0.336 e. The van der Waals surface area contributed by atoms with Crippen molar-refractivity contribution in [2.75, 3.05) is 0 Å². The van der Waals surface area contributed by atoms with Crippen LogP contribution >= 0.6 is 0 Å². The molecule has 5 rings (SSSR count). The molecule has 128 valence electrons. The van der Waals surface area contributed by atoms with Crippen LogP contribution in [0.5, 0.6) is 0 Å². The zero-order valence-corrected chi connectivity index (χ0v) is 14.0. The lowest BCUT2D eigenvalue weighted by atomic mass is 9.95. The Bertz CT molecular complexity index is 849. The topological polar surface area (TPSA) is 64.6 Å². The molecule has 2 aliphatic heterocycles. The van der Waals surface area contributed by atoms with E-state index in [0.29, 0.717) is 17.1 Å². The fraction of sp³-hybridized carbons (Fsp3) is 0.400. The van der Waals surface area contributed by atoms with Gasteiger partial charge in [-0.1, -0.05) is 18.2 Å².